The van der Waals surface area contributed by atoms with Gasteiger partial charge in [-0.1, -0.05) is 48.7 Å². The van der Waals surface area contributed by atoms with Crippen LogP contribution < -0.4 is 10.2 Å². The van der Waals surface area contributed by atoms with Crippen LogP contribution in [0.1, 0.15) is 63.9 Å². The zero-order valence-electron chi connectivity index (χ0n) is 26.3. The fraction of sp³-hybridized carbons (Fsp3) is 0.588. The van der Waals surface area contributed by atoms with E-state index < -0.39 is 41.7 Å². The highest BCUT2D eigenvalue weighted by Crippen LogP contribution is 2.59. The third kappa shape index (κ3) is 7.13. The number of carbonyl (C=O) groups excluding carboxylic acids is 4. The lowest BCUT2D eigenvalue weighted by Crippen LogP contribution is -2.56. The van der Waals surface area contributed by atoms with Crippen LogP contribution in [0.15, 0.2) is 43.5 Å². The number of hydrogen-bond donors (Lipinski definition) is 2. The van der Waals surface area contributed by atoms with Crippen LogP contribution in [0, 0.1) is 18.8 Å². The quantitative estimate of drug-likeness (QED) is 0.149. The first-order valence-corrected chi connectivity index (χ1v) is 16.3. The molecule has 2 bridgehead atoms. The summed E-state index contributed by atoms with van der Waals surface area (Å²) in [7, 11) is 0. The Balaban J connectivity index is 1.62. The Morgan fingerprint density at radius 2 is 2.00 bits per heavy atom. The SMILES string of the molecule is C=CCCC(=O)NC[C@H](C)OC(=O)[C@@H]1[C@@H]2CC[C@]3(O2)[C@H](C(=O)N(CC=C)c2c(C)cccc2Cl)N(CCCCCCO)C(=O)[C@@H]13. The van der Waals surface area contributed by atoms with Crippen molar-refractivity contribution in [1.82, 2.24) is 10.2 Å². The second-order valence-corrected chi connectivity index (χ2v) is 12.7. The Morgan fingerprint density at radius 1 is 1.24 bits per heavy atom. The van der Waals surface area contributed by atoms with E-state index in [1.165, 1.54) is 0 Å². The number of aliphatic hydroxyl groups is 1. The summed E-state index contributed by atoms with van der Waals surface area (Å²) in [5.41, 5.74) is 0.159. The van der Waals surface area contributed by atoms with Gasteiger partial charge in [0.2, 0.25) is 11.8 Å². The molecule has 0 unspecified atom stereocenters. The summed E-state index contributed by atoms with van der Waals surface area (Å²) in [6, 6.07) is 4.44. The Bertz CT molecular complexity index is 1270. The number of para-hydroxylation sites is 1. The van der Waals surface area contributed by atoms with E-state index in [-0.39, 0.29) is 37.4 Å². The molecule has 2 N–H and O–H groups in total. The van der Waals surface area contributed by atoms with Crippen molar-refractivity contribution in [3.63, 3.8) is 0 Å². The first-order valence-electron chi connectivity index (χ1n) is 16.0. The average molecular weight is 644 g/mol. The van der Waals surface area contributed by atoms with Crippen LogP contribution in [0.3, 0.4) is 0 Å². The fourth-order valence-corrected chi connectivity index (χ4v) is 7.44. The number of nitrogens with zero attached hydrogens (tertiary/aromatic N) is 2. The topological polar surface area (TPSA) is 125 Å². The first kappa shape index (κ1) is 34.7. The number of unbranched alkanes of at least 4 members (excludes halogenated alkanes) is 3. The summed E-state index contributed by atoms with van der Waals surface area (Å²) in [5.74, 6) is -3.09. The van der Waals surface area contributed by atoms with Crippen molar-refractivity contribution < 1.29 is 33.8 Å². The Kier molecular flexibility index (Phi) is 11.8. The number of rotatable bonds is 17. The van der Waals surface area contributed by atoms with Gasteiger partial charge in [0, 0.05) is 26.1 Å². The summed E-state index contributed by atoms with van der Waals surface area (Å²) in [5, 5.41) is 12.4. The molecule has 1 aromatic carbocycles. The van der Waals surface area contributed by atoms with Gasteiger partial charge in [-0.2, -0.15) is 0 Å². The lowest BCUT2D eigenvalue weighted by molar-refractivity contribution is -0.159. The van der Waals surface area contributed by atoms with E-state index in [1.807, 2.05) is 19.1 Å². The molecule has 246 valence electrons. The van der Waals surface area contributed by atoms with E-state index in [0.717, 1.165) is 18.4 Å². The standard InChI is InChI=1S/C34H46ClN3O7/c1-5-7-15-26(40)36-21-23(4)44-33(43)27-25-16-17-34(45-25)28(27)31(41)38(19-10-8-9-11-20-39)30(34)32(42)37(18-6-2)29-22(3)13-12-14-24(29)35/h5-6,12-14,23,25,27-28,30,39H,1-2,7-11,15-21H2,3-4H3,(H,36,40)/t23-,25-,27+,28+,30-,34+/m0/s1. The third-order valence-corrected chi connectivity index (χ3v) is 9.43. The number of likely N-dealkylation sites (tertiary alicyclic amines) is 1. The summed E-state index contributed by atoms with van der Waals surface area (Å²) in [6.07, 6.45) is 6.77. The molecule has 0 aliphatic carbocycles. The summed E-state index contributed by atoms with van der Waals surface area (Å²) < 4.78 is 12.3. The van der Waals surface area contributed by atoms with Gasteiger partial charge in [-0.3, -0.25) is 19.2 Å². The second kappa shape index (κ2) is 15.4. The fourth-order valence-electron chi connectivity index (χ4n) is 7.12. The van der Waals surface area contributed by atoms with E-state index >= 15 is 0 Å². The van der Waals surface area contributed by atoms with E-state index in [9.17, 15) is 24.3 Å². The Hall–Kier alpha value is -3.21. The van der Waals surface area contributed by atoms with Crippen LogP contribution in [-0.4, -0.2) is 83.8 Å². The second-order valence-electron chi connectivity index (χ2n) is 12.2. The number of hydrogen-bond acceptors (Lipinski definition) is 7. The van der Waals surface area contributed by atoms with E-state index in [1.54, 1.807) is 34.9 Å². The molecular weight excluding hydrogens is 598 g/mol. The molecule has 3 aliphatic rings. The summed E-state index contributed by atoms with van der Waals surface area (Å²) in [6.45, 7) is 11.8. The van der Waals surface area contributed by atoms with Gasteiger partial charge >= 0.3 is 5.97 Å². The Labute approximate surface area is 270 Å². The van der Waals surface area contributed by atoms with Crippen molar-refractivity contribution in [3.05, 3.63) is 54.1 Å². The van der Waals surface area contributed by atoms with E-state index in [2.05, 4.69) is 18.5 Å². The van der Waals surface area contributed by atoms with Gasteiger partial charge < -0.3 is 29.7 Å². The number of halogens is 1. The predicted octanol–water partition coefficient (Wildman–Crippen LogP) is 4.11. The molecule has 0 aromatic heterocycles. The highest BCUT2D eigenvalue weighted by atomic mass is 35.5. The molecule has 4 rings (SSSR count). The van der Waals surface area contributed by atoms with Crippen LogP contribution in [0.25, 0.3) is 0 Å². The number of aryl methyl sites for hydroxylation is 1. The first-order chi connectivity index (χ1) is 21.6. The molecule has 1 aromatic rings. The molecule has 1 spiro atoms. The van der Waals surface area contributed by atoms with Crippen molar-refractivity contribution in [2.75, 3.05) is 31.1 Å². The number of ether oxygens (including phenoxy) is 2. The van der Waals surface area contributed by atoms with E-state index in [0.29, 0.717) is 55.8 Å². The highest BCUT2D eigenvalue weighted by molar-refractivity contribution is 6.34. The molecule has 6 atom stereocenters. The van der Waals surface area contributed by atoms with Gasteiger partial charge in [-0.25, -0.2) is 0 Å². The molecule has 3 amide bonds. The van der Waals surface area contributed by atoms with Crippen LogP contribution in [0.2, 0.25) is 5.02 Å². The van der Waals surface area contributed by atoms with Gasteiger partial charge in [-0.15, -0.1) is 13.2 Å². The van der Waals surface area contributed by atoms with Crippen LogP contribution in [-0.2, 0) is 28.7 Å². The number of anilines is 1. The minimum atomic E-state index is -1.19. The number of allylic oxidation sites excluding steroid dienone is 1. The van der Waals surface area contributed by atoms with Crippen LogP contribution in [0.5, 0.6) is 0 Å². The summed E-state index contributed by atoms with van der Waals surface area (Å²) >= 11 is 6.63. The zero-order chi connectivity index (χ0) is 32.7. The number of aliphatic hydroxyl groups excluding tert-OH is 1. The molecule has 11 heteroatoms. The number of esters is 1. The van der Waals surface area contributed by atoms with Crippen molar-refractivity contribution >= 4 is 41.0 Å². The largest absolute Gasteiger partial charge is 0.460 e. The number of benzene rings is 1. The van der Waals surface area contributed by atoms with Gasteiger partial charge in [0.1, 0.15) is 17.7 Å². The number of nitrogens with one attached hydrogen (secondary N) is 1. The molecule has 3 fully saturated rings. The number of carbonyl (C=O) groups is 4. The molecule has 3 aliphatic heterocycles. The number of amides is 3. The van der Waals surface area contributed by atoms with Crippen molar-refractivity contribution in [2.24, 2.45) is 11.8 Å². The molecule has 0 radical (unpaired) electrons. The third-order valence-electron chi connectivity index (χ3n) is 9.13. The minimum Gasteiger partial charge on any atom is -0.460 e. The maximum atomic E-state index is 14.7. The van der Waals surface area contributed by atoms with Crippen molar-refractivity contribution in [2.45, 2.75) is 89.1 Å². The predicted molar refractivity (Wildman–Crippen MR) is 172 cm³/mol. The normalized spacial score (nSPS) is 25.5. The monoisotopic (exact) mass is 643 g/mol. The lowest BCUT2D eigenvalue weighted by atomic mass is 9.70. The maximum Gasteiger partial charge on any atom is 0.312 e. The minimum absolute atomic E-state index is 0.0958. The molecule has 3 saturated heterocycles. The smallest absolute Gasteiger partial charge is 0.312 e. The van der Waals surface area contributed by atoms with Crippen LogP contribution >= 0.6 is 11.6 Å². The summed E-state index contributed by atoms with van der Waals surface area (Å²) in [4.78, 5) is 57.8. The molecule has 0 saturated carbocycles. The lowest BCUT2D eigenvalue weighted by Gasteiger charge is -2.37. The van der Waals surface area contributed by atoms with Gasteiger partial charge in [-0.05, 0) is 57.6 Å². The van der Waals surface area contributed by atoms with Crippen molar-refractivity contribution in [3.8, 4) is 0 Å². The highest BCUT2D eigenvalue weighted by Gasteiger charge is 2.75. The molecule has 10 nitrogen and oxygen atoms in total. The zero-order valence-corrected chi connectivity index (χ0v) is 27.1. The van der Waals surface area contributed by atoms with Gasteiger partial charge in [0.25, 0.3) is 5.91 Å². The van der Waals surface area contributed by atoms with E-state index in [4.69, 9.17) is 21.1 Å². The Morgan fingerprint density at radius 3 is 2.69 bits per heavy atom. The molecule has 45 heavy (non-hydrogen) atoms. The molecule has 3 heterocycles. The van der Waals surface area contributed by atoms with Gasteiger partial charge in [0.15, 0.2) is 0 Å². The number of fused-ring (bicyclic) bond motifs is 1. The molecular formula is C34H46ClN3O7. The van der Waals surface area contributed by atoms with Crippen molar-refractivity contribution in [1.29, 1.82) is 0 Å². The maximum absolute atomic E-state index is 14.7. The van der Waals surface area contributed by atoms with Gasteiger partial charge in [0.05, 0.1) is 35.2 Å². The average Bonchev–Trinajstić information content (AvgIpc) is 3.65. The van der Waals surface area contributed by atoms with Crippen LogP contribution in [0.4, 0.5) is 5.69 Å².